The van der Waals surface area contributed by atoms with Crippen molar-refractivity contribution in [3.05, 3.63) is 29.3 Å². The molecular formula is C16H20F3N3O4. The SMILES string of the molecule is Cc1ccc(C(=O)NCC(F)(F)F)cc1NC(=O)N(C)CC(C)C(=O)O. The highest BCUT2D eigenvalue weighted by Gasteiger charge is 2.28. The first-order valence-corrected chi connectivity index (χ1v) is 7.61. The summed E-state index contributed by atoms with van der Waals surface area (Å²) in [4.78, 5) is 35.9. The van der Waals surface area contributed by atoms with Gasteiger partial charge in [0.2, 0.25) is 0 Å². The molecule has 0 saturated carbocycles. The van der Waals surface area contributed by atoms with Gasteiger partial charge in [-0.15, -0.1) is 0 Å². The first-order chi connectivity index (χ1) is 11.9. The molecule has 1 rings (SSSR count). The smallest absolute Gasteiger partial charge is 0.405 e. The maximum Gasteiger partial charge on any atom is 0.405 e. The maximum atomic E-state index is 12.2. The van der Waals surface area contributed by atoms with E-state index < -0.39 is 36.5 Å². The third-order valence-electron chi connectivity index (χ3n) is 3.51. The van der Waals surface area contributed by atoms with Crippen LogP contribution in [0.15, 0.2) is 18.2 Å². The van der Waals surface area contributed by atoms with Crippen molar-refractivity contribution in [3.8, 4) is 0 Å². The summed E-state index contributed by atoms with van der Waals surface area (Å²) in [6.07, 6.45) is -4.53. The van der Waals surface area contributed by atoms with Gasteiger partial charge in [0.1, 0.15) is 6.54 Å². The topological polar surface area (TPSA) is 98.7 Å². The summed E-state index contributed by atoms with van der Waals surface area (Å²) in [7, 11) is 1.41. The van der Waals surface area contributed by atoms with Crippen LogP contribution < -0.4 is 10.6 Å². The van der Waals surface area contributed by atoms with E-state index >= 15 is 0 Å². The number of rotatable bonds is 6. The van der Waals surface area contributed by atoms with Crippen molar-refractivity contribution in [2.75, 3.05) is 25.5 Å². The summed E-state index contributed by atoms with van der Waals surface area (Å²) in [6.45, 7) is 1.60. The Hall–Kier alpha value is -2.78. The largest absolute Gasteiger partial charge is 0.481 e. The molecule has 10 heteroatoms. The molecule has 0 fully saturated rings. The summed E-state index contributed by atoms with van der Waals surface area (Å²) in [5.41, 5.74) is 0.784. The van der Waals surface area contributed by atoms with Crippen molar-refractivity contribution >= 4 is 23.6 Å². The number of anilines is 1. The number of carboxylic acid groups (broad SMARTS) is 1. The van der Waals surface area contributed by atoms with Crippen LogP contribution in [0.25, 0.3) is 0 Å². The van der Waals surface area contributed by atoms with Gasteiger partial charge in [0.15, 0.2) is 0 Å². The van der Waals surface area contributed by atoms with Gasteiger partial charge in [0, 0.05) is 24.8 Å². The van der Waals surface area contributed by atoms with Crippen molar-refractivity contribution in [2.24, 2.45) is 5.92 Å². The molecule has 3 N–H and O–H groups in total. The molecule has 0 aromatic heterocycles. The summed E-state index contributed by atoms with van der Waals surface area (Å²) < 4.78 is 36.5. The highest BCUT2D eigenvalue weighted by Crippen LogP contribution is 2.18. The normalized spacial score (nSPS) is 12.2. The number of carbonyl (C=O) groups excluding carboxylic acids is 2. The van der Waals surface area contributed by atoms with Gasteiger partial charge in [-0.2, -0.15) is 13.2 Å². The van der Waals surface area contributed by atoms with Gasteiger partial charge in [0.25, 0.3) is 5.91 Å². The Morgan fingerprint density at radius 1 is 1.27 bits per heavy atom. The number of benzene rings is 1. The standard InChI is InChI=1S/C16H20F3N3O4/c1-9-4-5-11(13(23)20-8-16(17,18)19)6-12(9)21-15(26)22(3)7-10(2)14(24)25/h4-6,10H,7-8H2,1-3H3,(H,20,23)(H,21,26)(H,24,25). The quantitative estimate of drug-likeness (QED) is 0.711. The van der Waals surface area contributed by atoms with Gasteiger partial charge in [-0.1, -0.05) is 13.0 Å². The van der Waals surface area contributed by atoms with Crippen LogP contribution in [0.5, 0.6) is 0 Å². The summed E-state index contributed by atoms with van der Waals surface area (Å²) >= 11 is 0. The third kappa shape index (κ3) is 6.61. The third-order valence-corrected chi connectivity index (χ3v) is 3.51. The highest BCUT2D eigenvalue weighted by atomic mass is 19.4. The van der Waals surface area contributed by atoms with Crippen molar-refractivity contribution in [1.29, 1.82) is 0 Å². The van der Waals surface area contributed by atoms with Crippen LogP contribution in [0.4, 0.5) is 23.7 Å². The van der Waals surface area contributed by atoms with Crippen molar-refractivity contribution in [1.82, 2.24) is 10.2 Å². The predicted molar refractivity (Wildman–Crippen MR) is 88.0 cm³/mol. The molecule has 0 aliphatic rings. The number of carboxylic acids is 1. The van der Waals surface area contributed by atoms with E-state index in [4.69, 9.17) is 5.11 Å². The second-order valence-electron chi connectivity index (χ2n) is 5.88. The Bertz CT molecular complexity index is 692. The zero-order valence-electron chi connectivity index (χ0n) is 14.5. The van der Waals surface area contributed by atoms with E-state index in [0.29, 0.717) is 5.56 Å². The van der Waals surface area contributed by atoms with Crippen LogP contribution in [0, 0.1) is 12.8 Å². The second kappa shape index (κ2) is 8.54. The fourth-order valence-corrected chi connectivity index (χ4v) is 1.96. The van der Waals surface area contributed by atoms with Crippen LogP contribution >= 0.6 is 0 Å². The van der Waals surface area contributed by atoms with E-state index in [-0.39, 0.29) is 17.8 Å². The number of hydrogen-bond donors (Lipinski definition) is 3. The Labute approximate surface area is 148 Å². The molecule has 0 heterocycles. The number of hydrogen-bond acceptors (Lipinski definition) is 3. The lowest BCUT2D eigenvalue weighted by molar-refractivity contribution is -0.141. The first kappa shape index (κ1) is 21.3. The number of carbonyl (C=O) groups is 3. The summed E-state index contributed by atoms with van der Waals surface area (Å²) in [5, 5.41) is 13.1. The molecule has 0 aliphatic heterocycles. The predicted octanol–water partition coefficient (Wildman–Crippen LogP) is 2.47. The number of aryl methyl sites for hydroxylation is 1. The zero-order chi connectivity index (χ0) is 20.1. The molecule has 26 heavy (non-hydrogen) atoms. The van der Waals surface area contributed by atoms with E-state index in [9.17, 15) is 27.6 Å². The van der Waals surface area contributed by atoms with Gasteiger partial charge < -0.3 is 20.6 Å². The van der Waals surface area contributed by atoms with Gasteiger partial charge in [0.05, 0.1) is 5.92 Å². The minimum absolute atomic E-state index is 0.0357. The molecule has 7 nitrogen and oxygen atoms in total. The molecule has 144 valence electrons. The average Bonchev–Trinajstić information content (AvgIpc) is 2.53. The van der Waals surface area contributed by atoms with Gasteiger partial charge in [-0.3, -0.25) is 9.59 Å². The molecular weight excluding hydrogens is 355 g/mol. The lowest BCUT2D eigenvalue weighted by Crippen LogP contribution is -2.37. The Kier molecular flexibility index (Phi) is 6.99. The molecule has 0 bridgehead atoms. The van der Waals surface area contributed by atoms with Crippen LogP contribution in [0.3, 0.4) is 0 Å². The molecule has 1 atom stereocenters. The number of amides is 3. The van der Waals surface area contributed by atoms with E-state index in [1.165, 1.54) is 32.2 Å². The fourth-order valence-electron chi connectivity index (χ4n) is 1.96. The number of nitrogens with one attached hydrogen (secondary N) is 2. The lowest BCUT2D eigenvalue weighted by Gasteiger charge is -2.21. The Morgan fingerprint density at radius 2 is 1.88 bits per heavy atom. The van der Waals surface area contributed by atoms with Gasteiger partial charge in [-0.25, -0.2) is 4.79 Å². The van der Waals surface area contributed by atoms with Crippen molar-refractivity contribution < 1.29 is 32.7 Å². The molecule has 0 radical (unpaired) electrons. The van der Waals surface area contributed by atoms with E-state index in [2.05, 4.69) is 5.32 Å². The number of halogens is 3. The maximum absolute atomic E-state index is 12.2. The Balaban J connectivity index is 2.82. The van der Waals surface area contributed by atoms with Gasteiger partial charge >= 0.3 is 18.2 Å². The number of alkyl halides is 3. The highest BCUT2D eigenvalue weighted by molar-refractivity contribution is 5.97. The summed E-state index contributed by atoms with van der Waals surface area (Å²) in [5.74, 6) is -2.75. The summed E-state index contributed by atoms with van der Waals surface area (Å²) in [6, 6.07) is 3.48. The zero-order valence-corrected chi connectivity index (χ0v) is 14.5. The molecule has 0 aliphatic carbocycles. The van der Waals surface area contributed by atoms with Crippen molar-refractivity contribution in [3.63, 3.8) is 0 Å². The molecule has 1 aromatic carbocycles. The van der Waals surface area contributed by atoms with Gasteiger partial charge in [-0.05, 0) is 24.6 Å². The minimum atomic E-state index is -4.53. The van der Waals surface area contributed by atoms with Crippen LogP contribution in [-0.4, -0.2) is 54.2 Å². The van der Waals surface area contributed by atoms with Crippen LogP contribution in [0.1, 0.15) is 22.8 Å². The molecule has 0 spiro atoms. The fraction of sp³-hybridized carbons (Fsp3) is 0.438. The van der Waals surface area contributed by atoms with Crippen LogP contribution in [0.2, 0.25) is 0 Å². The van der Waals surface area contributed by atoms with Crippen LogP contribution in [-0.2, 0) is 4.79 Å². The number of nitrogens with zero attached hydrogens (tertiary/aromatic N) is 1. The lowest BCUT2D eigenvalue weighted by atomic mass is 10.1. The number of aliphatic carboxylic acids is 1. The first-order valence-electron chi connectivity index (χ1n) is 7.61. The molecule has 0 saturated heterocycles. The van der Waals surface area contributed by atoms with E-state index in [1.807, 2.05) is 0 Å². The monoisotopic (exact) mass is 375 g/mol. The molecule has 1 aromatic rings. The second-order valence-corrected chi connectivity index (χ2v) is 5.88. The van der Waals surface area contributed by atoms with Crippen molar-refractivity contribution in [2.45, 2.75) is 20.0 Å². The average molecular weight is 375 g/mol. The van der Waals surface area contributed by atoms with E-state index in [0.717, 1.165) is 4.90 Å². The number of urea groups is 1. The Morgan fingerprint density at radius 3 is 2.42 bits per heavy atom. The molecule has 1 unspecified atom stereocenters. The molecule has 3 amide bonds. The van der Waals surface area contributed by atoms with E-state index in [1.54, 1.807) is 12.2 Å². The minimum Gasteiger partial charge on any atom is -0.481 e.